The largest absolute Gasteiger partial charge is 0.481 e. The lowest BCUT2D eigenvalue weighted by molar-refractivity contribution is -0.143. The van der Waals surface area contributed by atoms with Crippen LogP contribution in [-0.2, 0) is 4.79 Å². The monoisotopic (exact) mass is 278 g/mol. The predicted octanol–water partition coefficient (Wildman–Crippen LogP) is 1.53. The van der Waals surface area contributed by atoms with Gasteiger partial charge in [0.25, 0.3) is 0 Å². The second-order valence-electron chi connectivity index (χ2n) is 4.68. The van der Waals surface area contributed by atoms with Gasteiger partial charge < -0.3 is 20.1 Å². The molecular formula is C14H18N2O4. The van der Waals surface area contributed by atoms with E-state index in [2.05, 4.69) is 5.32 Å². The van der Waals surface area contributed by atoms with Crippen molar-refractivity contribution < 1.29 is 19.4 Å². The van der Waals surface area contributed by atoms with Gasteiger partial charge in [0.05, 0.1) is 5.92 Å². The van der Waals surface area contributed by atoms with Crippen molar-refractivity contribution >= 4 is 12.0 Å². The van der Waals surface area contributed by atoms with Gasteiger partial charge in [0, 0.05) is 13.1 Å². The third-order valence-corrected chi connectivity index (χ3v) is 3.34. The first-order chi connectivity index (χ1) is 9.66. The van der Waals surface area contributed by atoms with Crippen molar-refractivity contribution in [1.29, 1.82) is 0 Å². The molecular weight excluding hydrogens is 260 g/mol. The zero-order valence-electron chi connectivity index (χ0n) is 11.1. The Bertz CT molecular complexity index is 456. The molecule has 6 heteroatoms. The van der Waals surface area contributed by atoms with Crippen LogP contribution in [0.5, 0.6) is 5.75 Å². The van der Waals surface area contributed by atoms with Crippen LogP contribution in [0.2, 0.25) is 0 Å². The number of likely N-dealkylation sites (tertiary alicyclic amines) is 1. The first kappa shape index (κ1) is 14.2. The zero-order chi connectivity index (χ0) is 14.4. The molecule has 0 radical (unpaired) electrons. The summed E-state index contributed by atoms with van der Waals surface area (Å²) in [6.07, 6.45) is 1.00. The molecule has 1 saturated heterocycles. The van der Waals surface area contributed by atoms with Crippen molar-refractivity contribution in [2.75, 3.05) is 19.8 Å². The molecule has 1 fully saturated rings. The lowest BCUT2D eigenvalue weighted by atomic mass is 9.97. The van der Waals surface area contributed by atoms with Gasteiger partial charge in [0.2, 0.25) is 0 Å². The van der Waals surface area contributed by atoms with E-state index in [0.29, 0.717) is 31.7 Å². The number of para-hydroxylation sites is 1. The van der Waals surface area contributed by atoms with Crippen LogP contribution in [0.3, 0.4) is 0 Å². The summed E-state index contributed by atoms with van der Waals surface area (Å²) in [4.78, 5) is 24.3. The minimum Gasteiger partial charge on any atom is -0.481 e. The summed E-state index contributed by atoms with van der Waals surface area (Å²) in [6.45, 7) is 1.03. The van der Waals surface area contributed by atoms with Crippen molar-refractivity contribution in [1.82, 2.24) is 10.2 Å². The van der Waals surface area contributed by atoms with Gasteiger partial charge in [-0.25, -0.2) is 4.79 Å². The number of carboxylic acid groups (broad SMARTS) is 1. The highest BCUT2D eigenvalue weighted by Gasteiger charge is 2.26. The number of aliphatic carboxylic acids is 1. The molecule has 2 rings (SSSR count). The molecule has 1 heterocycles. The maximum Gasteiger partial charge on any atom is 0.320 e. The van der Waals surface area contributed by atoms with Crippen LogP contribution in [0.1, 0.15) is 12.8 Å². The Kier molecular flexibility index (Phi) is 4.81. The molecule has 0 spiro atoms. The quantitative estimate of drug-likeness (QED) is 0.819. The number of hydrogen-bond acceptors (Lipinski definition) is 3. The SMILES string of the molecule is O=C(O)C1CCN(C(=O)NCOc2ccccc2)CC1. The number of benzene rings is 1. The minimum atomic E-state index is -0.780. The summed E-state index contributed by atoms with van der Waals surface area (Å²) >= 11 is 0. The van der Waals surface area contributed by atoms with E-state index in [1.807, 2.05) is 30.3 Å². The Morgan fingerprint density at radius 3 is 2.50 bits per heavy atom. The van der Waals surface area contributed by atoms with Crippen molar-refractivity contribution in [3.63, 3.8) is 0 Å². The summed E-state index contributed by atoms with van der Waals surface area (Å²) < 4.78 is 5.37. The molecule has 6 nitrogen and oxygen atoms in total. The molecule has 1 aliphatic rings. The van der Waals surface area contributed by atoms with Crippen LogP contribution in [-0.4, -0.2) is 41.8 Å². The lowest BCUT2D eigenvalue weighted by Gasteiger charge is -2.30. The van der Waals surface area contributed by atoms with Gasteiger partial charge in [0.1, 0.15) is 5.75 Å². The highest BCUT2D eigenvalue weighted by atomic mass is 16.5. The fourth-order valence-electron chi connectivity index (χ4n) is 2.14. The van der Waals surface area contributed by atoms with E-state index in [9.17, 15) is 9.59 Å². The van der Waals surface area contributed by atoms with Gasteiger partial charge in [-0.05, 0) is 25.0 Å². The molecule has 1 aromatic rings. The summed E-state index contributed by atoms with van der Waals surface area (Å²) in [5.74, 6) is -0.422. The Balaban J connectivity index is 1.69. The summed E-state index contributed by atoms with van der Waals surface area (Å²) in [5.41, 5.74) is 0. The molecule has 1 aliphatic heterocycles. The standard InChI is InChI=1S/C14H18N2O4/c17-13(18)11-6-8-16(9-7-11)14(19)15-10-20-12-4-2-1-3-5-12/h1-5,11H,6-10H2,(H,15,19)(H,17,18). The number of urea groups is 1. The maximum atomic E-state index is 11.9. The molecule has 1 aromatic carbocycles. The van der Waals surface area contributed by atoms with E-state index in [1.54, 1.807) is 4.90 Å². The van der Waals surface area contributed by atoms with Gasteiger partial charge in [0.15, 0.2) is 6.73 Å². The third-order valence-electron chi connectivity index (χ3n) is 3.34. The fraction of sp³-hybridized carbons (Fsp3) is 0.429. The van der Waals surface area contributed by atoms with E-state index in [-0.39, 0.29) is 18.7 Å². The molecule has 2 N–H and O–H groups in total. The summed E-state index contributed by atoms with van der Waals surface area (Å²) in [6, 6.07) is 9.00. The third kappa shape index (κ3) is 3.88. The highest BCUT2D eigenvalue weighted by molar-refractivity contribution is 5.75. The second kappa shape index (κ2) is 6.79. The molecule has 0 aromatic heterocycles. The van der Waals surface area contributed by atoms with Crippen LogP contribution in [0.15, 0.2) is 30.3 Å². The molecule has 0 unspecified atom stereocenters. The number of rotatable bonds is 4. The van der Waals surface area contributed by atoms with E-state index < -0.39 is 5.97 Å². The van der Waals surface area contributed by atoms with E-state index in [0.717, 1.165) is 0 Å². The Hall–Kier alpha value is -2.24. The molecule has 0 bridgehead atoms. The first-order valence-electron chi connectivity index (χ1n) is 6.60. The number of carbonyl (C=O) groups excluding carboxylic acids is 1. The summed E-state index contributed by atoms with van der Waals surface area (Å²) in [5, 5.41) is 11.6. The average Bonchev–Trinajstić information content (AvgIpc) is 2.48. The Labute approximate surface area is 117 Å². The number of ether oxygens (including phenoxy) is 1. The van der Waals surface area contributed by atoms with Crippen LogP contribution < -0.4 is 10.1 Å². The zero-order valence-corrected chi connectivity index (χ0v) is 11.1. The minimum absolute atomic E-state index is 0.0989. The number of amides is 2. The number of piperidine rings is 1. The smallest absolute Gasteiger partial charge is 0.320 e. The molecule has 2 amide bonds. The van der Waals surface area contributed by atoms with Crippen molar-refractivity contribution in [3.8, 4) is 5.75 Å². The molecule has 0 saturated carbocycles. The summed E-state index contributed by atoms with van der Waals surface area (Å²) in [7, 11) is 0. The Morgan fingerprint density at radius 1 is 1.25 bits per heavy atom. The number of nitrogens with zero attached hydrogens (tertiary/aromatic N) is 1. The van der Waals surface area contributed by atoms with Crippen LogP contribution in [0.4, 0.5) is 4.79 Å². The molecule has 108 valence electrons. The Morgan fingerprint density at radius 2 is 1.90 bits per heavy atom. The van der Waals surface area contributed by atoms with Gasteiger partial charge in [-0.15, -0.1) is 0 Å². The van der Waals surface area contributed by atoms with E-state index in [1.165, 1.54) is 0 Å². The molecule has 0 aliphatic carbocycles. The normalized spacial score (nSPS) is 15.7. The number of nitrogens with one attached hydrogen (secondary N) is 1. The average molecular weight is 278 g/mol. The van der Waals surface area contributed by atoms with Crippen LogP contribution in [0, 0.1) is 5.92 Å². The number of hydrogen-bond donors (Lipinski definition) is 2. The number of carbonyl (C=O) groups is 2. The molecule has 0 atom stereocenters. The van der Waals surface area contributed by atoms with Crippen molar-refractivity contribution in [3.05, 3.63) is 30.3 Å². The lowest BCUT2D eigenvalue weighted by Crippen LogP contribution is -2.46. The fourth-order valence-corrected chi connectivity index (χ4v) is 2.14. The van der Waals surface area contributed by atoms with Gasteiger partial charge in [-0.3, -0.25) is 4.79 Å². The number of carboxylic acids is 1. The topological polar surface area (TPSA) is 78.9 Å². The van der Waals surface area contributed by atoms with Gasteiger partial charge in [-0.2, -0.15) is 0 Å². The predicted molar refractivity (Wildman–Crippen MR) is 72.4 cm³/mol. The molecule has 20 heavy (non-hydrogen) atoms. The maximum absolute atomic E-state index is 11.9. The van der Waals surface area contributed by atoms with Crippen LogP contribution >= 0.6 is 0 Å². The van der Waals surface area contributed by atoms with Crippen molar-refractivity contribution in [2.45, 2.75) is 12.8 Å². The van der Waals surface area contributed by atoms with Crippen molar-refractivity contribution in [2.24, 2.45) is 5.92 Å². The van der Waals surface area contributed by atoms with Gasteiger partial charge in [-0.1, -0.05) is 18.2 Å². The van der Waals surface area contributed by atoms with E-state index >= 15 is 0 Å². The first-order valence-corrected chi connectivity index (χ1v) is 6.60. The second-order valence-corrected chi connectivity index (χ2v) is 4.68. The van der Waals surface area contributed by atoms with E-state index in [4.69, 9.17) is 9.84 Å². The van der Waals surface area contributed by atoms with Gasteiger partial charge >= 0.3 is 12.0 Å². The highest BCUT2D eigenvalue weighted by Crippen LogP contribution is 2.17. The van der Waals surface area contributed by atoms with Crippen LogP contribution in [0.25, 0.3) is 0 Å².